The molecule has 1 aromatic heterocycles. The highest BCUT2D eigenvalue weighted by Gasteiger charge is 2.12. The summed E-state index contributed by atoms with van der Waals surface area (Å²) in [5.74, 6) is -1.11. The molecule has 3 aromatic rings. The van der Waals surface area contributed by atoms with Gasteiger partial charge in [0.05, 0.1) is 0 Å². The molecule has 0 aliphatic heterocycles. The van der Waals surface area contributed by atoms with Crippen LogP contribution in [0.5, 0.6) is 0 Å². The first kappa shape index (κ1) is 19.5. The van der Waals surface area contributed by atoms with E-state index in [1.807, 2.05) is 0 Å². The Bertz CT molecular complexity index is 993. The number of carbonyl (C=O) groups is 2. The maximum absolute atomic E-state index is 13.6. The fourth-order valence-corrected chi connectivity index (χ4v) is 2.66. The minimum absolute atomic E-state index is 0.109. The summed E-state index contributed by atoms with van der Waals surface area (Å²) in [6.45, 7) is 0.253. The maximum atomic E-state index is 13.6. The third kappa shape index (κ3) is 5.14. The Morgan fingerprint density at radius 2 is 1.75 bits per heavy atom. The summed E-state index contributed by atoms with van der Waals surface area (Å²) in [6, 6.07) is 16.0. The molecule has 0 radical (unpaired) electrons. The molecule has 5 nitrogen and oxygen atoms in total. The van der Waals surface area contributed by atoms with Crippen molar-refractivity contribution in [2.24, 2.45) is 0 Å². The van der Waals surface area contributed by atoms with Crippen LogP contribution in [0.15, 0.2) is 66.9 Å². The maximum Gasteiger partial charge on any atom is 0.269 e. The van der Waals surface area contributed by atoms with Crippen molar-refractivity contribution in [3.63, 3.8) is 0 Å². The number of aromatic nitrogens is 1. The molecule has 0 unspecified atom stereocenters. The number of halogens is 2. The van der Waals surface area contributed by atoms with Crippen LogP contribution < -0.4 is 10.6 Å². The van der Waals surface area contributed by atoms with Gasteiger partial charge in [0, 0.05) is 29.0 Å². The molecule has 28 heavy (non-hydrogen) atoms. The molecule has 2 aromatic carbocycles. The van der Waals surface area contributed by atoms with E-state index >= 15 is 0 Å². The monoisotopic (exact) mass is 397 g/mol. The third-order valence-corrected chi connectivity index (χ3v) is 4.25. The molecule has 7 heteroatoms. The van der Waals surface area contributed by atoms with Crippen molar-refractivity contribution in [1.29, 1.82) is 0 Å². The van der Waals surface area contributed by atoms with Crippen molar-refractivity contribution in [3.8, 4) is 0 Å². The number of hydrogen-bond donors (Lipinski definition) is 2. The minimum Gasteiger partial charge on any atom is -0.350 e. The zero-order chi connectivity index (χ0) is 19.9. The Kier molecular flexibility index (Phi) is 6.34. The van der Waals surface area contributed by atoms with Crippen molar-refractivity contribution >= 4 is 29.1 Å². The Labute approximate surface area is 166 Å². The molecule has 0 aliphatic carbocycles. The Morgan fingerprint density at radius 1 is 1.00 bits per heavy atom. The molecule has 2 N–H and O–H groups in total. The van der Waals surface area contributed by atoms with E-state index in [0.717, 1.165) is 0 Å². The van der Waals surface area contributed by atoms with Gasteiger partial charge in [-0.05, 0) is 54.4 Å². The van der Waals surface area contributed by atoms with Crippen LogP contribution in [-0.4, -0.2) is 23.3 Å². The van der Waals surface area contributed by atoms with Crippen LogP contribution in [0.1, 0.15) is 26.4 Å². The van der Waals surface area contributed by atoms with E-state index in [9.17, 15) is 14.0 Å². The Morgan fingerprint density at radius 3 is 2.50 bits per heavy atom. The number of nitrogens with one attached hydrogen (secondary N) is 2. The topological polar surface area (TPSA) is 71.1 Å². The summed E-state index contributed by atoms with van der Waals surface area (Å²) in [5.41, 5.74) is 1.51. The fourth-order valence-electron chi connectivity index (χ4n) is 2.53. The van der Waals surface area contributed by atoms with Gasteiger partial charge < -0.3 is 10.6 Å². The predicted octanol–water partition coefficient (Wildman–Crippen LogP) is 4.10. The van der Waals surface area contributed by atoms with Gasteiger partial charge in [0.15, 0.2) is 0 Å². The van der Waals surface area contributed by atoms with E-state index in [-0.39, 0.29) is 24.0 Å². The molecule has 1 heterocycles. The Hall–Kier alpha value is -3.25. The molecule has 0 atom stereocenters. The lowest BCUT2D eigenvalue weighted by Crippen LogP contribution is -2.27. The van der Waals surface area contributed by atoms with Gasteiger partial charge in [-0.25, -0.2) is 4.39 Å². The standard InChI is InChI=1S/C21H17ClFN3O2/c22-16-5-7-17(8-6-16)26-20(27)15-10-11-24-19(13-15)21(28)25-12-9-14-3-1-2-4-18(14)23/h1-8,10-11,13H,9,12H2,(H,25,28)(H,26,27). The van der Waals surface area contributed by atoms with E-state index in [1.54, 1.807) is 42.5 Å². The first-order chi connectivity index (χ1) is 13.5. The van der Waals surface area contributed by atoms with Crippen LogP contribution in [0.2, 0.25) is 5.02 Å². The molecule has 0 aliphatic rings. The van der Waals surface area contributed by atoms with Crippen molar-refractivity contribution < 1.29 is 14.0 Å². The first-order valence-corrected chi connectivity index (χ1v) is 8.95. The van der Waals surface area contributed by atoms with Gasteiger partial charge in [-0.2, -0.15) is 0 Å². The number of carbonyl (C=O) groups excluding carboxylic acids is 2. The highest BCUT2D eigenvalue weighted by atomic mass is 35.5. The summed E-state index contributed by atoms with van der Waals surface area (Å²) >= 11 is 5.82. The summed E-state index contributed by atoms with van der Waals surface area (Å²) in [6.07, 6.45) is 1.75. The normalized spacial score (nSPS) is 10.4. The van der Waals surface area contributed by atoms with Gasteiger partial charge in [-0.3, -0.25) is 14.6 Å². The fraction of sp³-hybridized carbons (Fsp3) is 0.0952. The largest absolute Gasteiger partial charge is 0.350 e. The average molecular weight is 398 g/mol. The van der Waals surface area contributed by atoms with Gasteiger partial charge in [0.2, 0.25) is 0 Å². The van der Waals surface area contributed by atoms with Crippen molar-refractivity contribution in [2.75, 3.05) is 11.9 Å². The molecule has 0 bridgehead atoms. The van der Waals surface area contributed by atoms with E-state index in [1.165, 1.54) is 24.4 Å². The second-order valence-electron chi connectivity index (χ2n) is 5.99. The predicted molar refractivity (Wildman–Crippen MR) is 106 cm³/mol. The molecule has 0 saturated carbocycles. The van der Waals surface area contributed by atoms with Crippen LogP contribution in [0.3, 0.4) is 0 Å². The summed E-state index contributed by atoms with van der Waals surface area (Å²) in [7, 11) is 0. The second-order valence-corrected chi connectivity index (χ2v) is 6.42. The smallest absolute Gasteiger partial charge is 0.269 e. The average Bonchev–Trinajstić information content (AvgIpc) is 2.71. The van der Waals surface area contributed by atoms with Crippen LogP contribution >= 0.6 is 11.6 Å². The molecule has 0 fully saturated rings. The van der Waals surface area contributed by atoms with E-state index in [4.69, 9.17) is 11.6 Å². The SMILES string of the molecule is O=C(Nc1ccc(Cl)cc1)c1ccnc(C(=O)NCCc2ccccc2F)c1. The molecular weight excluding hydrogens is 381 g/mol. The molecule has 0 spiro atoms. The van der Waals surface area contributed by atoms with E-state index in [2.05, 4.69) is 15.6 Å². The van der Waals surface area contributed by atoms with Gasteiger partial charge in [-0.15, -0.1) is 0 Å². The molecule has 0 saturated heterocycles. The van der Waals surface area contributed by atoms with Crippen LogP contribution in [0.4, 0.5) is 10.1 Å². The van der Waals surface area contributed by atoms with Gasteiger partial charge in [0.25, 0.3) is 11.8 Å². The zero-order valence-corrected chi connectivity index (χ0v) is 15.5. The van der Waals surface area contributed by atoms with Crippen LogP contribution in [-0.2, 0) is 6.42 Å². The lowest BCUT2D eigenvalue weighted by atomic mass is 10.1. The number of rotatable bonds is 6. The van der Waals surface area contributed by atoms with E-state index < -0.39 is 5.91 Å². The van der Waals surface area contributed by atoms with Gasteiger partial charge in [-0.1, -0.05) is 29.8 Å². The lowest BCUT2D eigenvalue weighted by Gasteiger charge is -2.08. The number of amides is 2. The van der Waals surface area contributed by atoms with Crippen LogP contribution in [0, 0.1) is 5.82 Å². The van der Waals surface area contributed by atoms with E-state index in [0.29, 0.717) is 28.3 Å². The number of nitrogens with zero attached hydrogens (tertiary/aromatic N) is 1. The quantitative estimate of drug-likeness (QED) is 0.657. The number of pyridine rings is 1. The lowest BCUT2D eigenvalue weighted by molar-refractivity contribution is 0.0949. The molecule has 142 valence electrons. The first-order valence-electron chi connectivity index (χ1n) is 8.57. The Balaban J connectivity index is 1.60. The second kappa shape index (κ2) is 9.10. The zero-order valence-electron chi connectivity index (χ0n) is 14.8. The van der Waals surface area contributed by atoms with Crippen molar-refractivity contribution in [1.82, 2.24) is 10.3 Å². The molecule has 3 rings (SSSR count). The highest BCUT2D eigenvalue weighted by Crippen LogP contribution is 2.14. The van der Waals surface area contributed by atoms with Crippen molar-refractivity contribution in [2.45, 2.75) is 6.42 Å². The minimum atomic E-state index is -0.433. The molecule has 2 amide bonds. The molecular formula is C21H17ClFN3O2. The number of benzene rings is 2. The van der Waals surface area contributed by atoms with Gasteiger partial charge in [0.1, 0.15) is 11.5 Å². The third-order valence-electron chi connectivity index (χ3n) is 3.99. The summed E-state index contributed by atoms with van der Waals surface area (Å²) in [4.78, 5) is 28.6. The van der Waals surface area contributed by atoms with Crippen molar-refractivity contribution in [3.05, 3.63) is 94.5 Å². The van der Waals surface area contributed by atoms with Crippen LogP contribution in [0.25, 0.3) is 0 Å². The van der Waals surface area contributed by atoms with Gasteiger partial charge >= 0.3 is 0 Å². The summed E-state index contributed by atoms with van der Waals surface area (Å²) in [5, 5.41) is 5.97. The number of hydrogen-bond acceptors (Lipinski definition) is 3. The highest BCUT2D eigenvalue weighted by molar-refractivity contribution is 6.30. The summed E-state index contributed by atoms with van der Waals surface area (Å²) < 4.78 is 13.6. The number of anilines is 1.